The lowest BCUT2D eigenvalue weighted by Crippen LogP contribution is -2.53. The summed E-state index contributed by atoms with van der Waals surface area (Å²) in [7, 11) is 4.73. The first kappa shape index (κ1) is 26.8. The number of imide groups is 1. The number of hydrogen-bond donors (Lipinski definition) is 0. The number of aromatic nitrogens is 1. The molecule has 2 fully saturated rings. The molecule has 2 aliphatic rings. The molecule has 3 heterocycles. The molecule has 9 nitrogen and oxygen atoms in total. The number of carbonyl (C=O) groups is 3. The van der Waals surface area contributed by atoms with E-state index in [1.807, 2.05) is 18.3 Å². The Morgan fingerprint density at radius 1 is 1.10 bits per heavy atom. The molecule has 5 rings (SSSR count). The zero-order valence-corrected chi connectivity index (χ0v) is 23.0. The van der Waals surface area contributed by atoms with Crippen LogP contribution in [-0.4, -0.2) is 65.1 Å². The Morgan fingerprint density at radius 3 is 2.38 bits per heavy atom. The lowest BCUT2D eigenvalue weighted by atomic mass is 9.80. The van der Waals surface area contributed by atoms with Crippen molar-refractivity contribution in [3.63, 3.8) is 0 Å². The Labute approximate surface area is 235 Å². The smallest absolute Gasteiger partial charge is 0.354 e. The molecule has 2 atom stereocenters. The Kier molecular flexibility index (Phi) is 6.89. The fraction of sp³-hybridized carbons (Fsp3) is 0.286. The van der Waals surface area contributed by atoms with Gasteiger partial charge in [-0.15, -0.1) is 0 Å². The summed E-state index contributed by atoms with van der Waals surface area (Å²) in [6, 6.07) is 15.1. The summed E-state index contributed by atoms with van der Waals surface area (Å²) in [5, 5.41) is 9.90. The molecule has 0 saturated carbocycles. The number of methoxy groups -OCH3 is 1. The maximum atomic E-state index is 14.3. The number of aryl methyl sites for hydroxylation is 1. The van der Waals surface area contributed by atoms with Crippen molar-refractivity contribution in [3.05, 3.63) is 87.2 Å². The highest BCUT2D eigenvalue weighted by Gasteiger charge is 2.64. The van der Waals surface area contributed by atoms with Crippen LogP contribution in [0.2, 0.25) is 10.0 Å². The molecule has 1 spiro atoms. The van der Waals surface area contributed by atoms with Crippen LogP contribution < -0.4 is 4.90 Å². The summed E-state index contributed by atoms with van der Waals surface area (Å²) in [4.78, 5) is 44.8. The number of likely N-dealkylation sites (tertiary alicyclic amines) is 1. The fourth-order valence-electron chi connectivity index (χ4n) is 5.70. The zero-order valence-electron chi connectivity index (χ0n) is 21.5. The van der Waals surface area contributed by atoms with Crippen molar-refractivity contribution in [2.24, 2.45) is 7.05 Å². The maximum absolute atomic E-state index is 14.3. The van der Waals surface area contributed by atoms with Crippen LogP contribution in [0.3, 0.4) is 0 Å². The van der Waals surface area contributed by atoms with E-state index in [9.17, 15) is 19.6 Å². The monoisotopic (exact) mass is 565 g/mol. The van der Waals surface area contributed by atoms with Crippen LogP contribution in [0, 0.1) is 11.3 Å². The summed E-state index contributed by atoms with van der Waals surface area (Å²) in [6.45, 7) is 1.16. The number of nitriles is 1. The van der Waals surface area contributed by atoms with Crippen molar-refractivity contribution in [2.45, 2.75) is 18.0 Å². The average molecular weight is 566 g/mol. The van der Waals surface area contributed by atoms with Crippen LogP contribution in [0.5, 0.6) is 0 Å². The minimum Gasteiger partial charge on any atom is -0.464 e. The molecule has 3 aromatic rings. The van der Waals surface area contributed by atoms with Crippen LogP contribution in [0.4, 0.5) is 10.5 Å². The lowest BCUT2D eigenvalue weighted by Gasteiger charge is -2.34. The van der Waals surface area contributed by atoms with Gasteiger partial charge in [0.15, 0.2) is 0 Å². The van der Waals surface area contributed by atoms with Crippen molar-refractivity contribution in [2.75, 3.05) is 32.1 Å². The third-order valence-electron chi connectivity index (χ3n) is 7.54. The standard InChI is InChI=1S/C28H25Cl2N5O4/c1-32-13-18(8-24(32)25(36)39-3)14-34-15-23(19-6-4-17(12-31)5-7-19)28(16-34)26(37)35(27(38)33(28)2)22-10-20(29)9-21(30)11-22/h4-11,13,23H,14-16H2,1-3H3/t23-,28+/m0/s1. The normalized spacial score (nSPS) is 21.2. The molecule has 2 aliphatic heterocycles. The minimum atomic E-state index is -1.22. The van der Waals surface area contributed by atoms with Crippen molar-refractivity contribution in [1.29, 1.82) is 5.26 Å². The SMILES string of the molecule is COC(=O)c1cc(CN2C[C@@H](c3ccc(C#N)cc3)[C@]3(C2)C(=O)N(c2cc(Cl)cc(Cl)c2)C(=O)N3C)cn1C. The summed E-state index contributed by atoms with van der Waals surface area (Å²) in [6.07, 6.45) is 1.85. The molecule has 2 saturated heterocycles. The third-order valence-corrected chi connectivity index (χ3v) is 7.98. The summed E-state index contributed by atoms with van der Waals surface area (Å²) < 4.78 is 6.57. The zero-order chi connectivity index (χ0) is 28.1. The van der Waals surface area contributed by atoms with Gasteiger partial charge in [0.1, 0.15) is 11.2 Å². The Bertz CT molecular complexity index is 1510. The van der Waals surface area contributed by atoms with Gasteiger partial charge in [-0.2, -0.15) is 5.26 Å². The highest BCUT2D eigenvalue weighted by molar-refractivity contribution is 6.35. The first-order chi connectivity index (χ1) is 18.6. The molecule has 3 amide bonds. The third kappa shape index (κ3) is 4.44. The Morgan fingerprint density at radius 2 is 1.77 bits per heavy atom. The van der Waals surface area contributed by atoms with Crippen molar-refractivity contribution < 1.29 is 19.1 Å². The van der Waals surface area contributed by atoms with Crippen molar-refractivity contribution >= 4 is 46.8 Å². The molecule has 200 valence electrons. The summed E-state index contributed by atoms with van der Waals surface area (Å²) in [5.41, 5.74) is 1.69. The number of benzene rings is 2. The topological polar surface area (TPSA) is 98.9 Å². The highest BCUT2D eigenvalue weighted by Crippen LogP contribution is 2.47. The van der Waals surface area contributed by atoms with Crippen LogP contribution in [-0.2, 0) is 23.1 Å². The van der Waals surface area contributed by atoms with E-state index >= 15 is 0 Å². The molecule has 2 aromatic carbocycles. The van der Waals surface area contributed by atoms with Crippen molar-refractivity contribution in [1.82, 2.24) is 14.4 Å². The average Bonchev–Trinajstić information content (AvgIpc) is 3.52. The van der Waals surface area contributed by atoms with Gasteiger partial charge < -0.3 is 14.2 Å². The number of anilines is 1. The molecule has 0 unspecified atom stereocenters. The Hall–Kier alpha value is -3.84. The minimum absolute atomic E-state index is 0.256. The number of carbonyl (C=O) groups excluding carboxylic acids is 3. The number of hydrogen-bond acceptors (Lipinski definition) is 6. The van der Waals surface area contributed by atoms with Gasteiger partial charge >= 0.3 is 12.0 Å². The summed E-state index contributed by atoms with van der Waals surface area (Å²) in [5.74, 6) is -1.21. The van der Waals surface area contributed by atoms with E-state index in [-0.39, 0.29) is 12.5 Å². The van der Waals surface area contributed by atoms with Crippen LogP contribution >= 0.6 is 23.2 Å². The van der Waals surface area contributed by atoms with E-state index in [4.69, 9.17) is 27.9 Å². The van der Waals surface area contributed by atoms with Gasteiger partial charge in [0.25, 0.3) is 5.91 Å². The quantitative estimate of drug-likeness (QED) is 0.335. The van der Waals surface area contributed by atoms with Gasteiger partial charge in [-0.25, -0.2) is 14.5 Å². The highest BCUT2D eigenvalue weighted by atomic mass is 35.5. The van der Waals surface area contributed by atoms with E-state index in [0.717, 1.165) is 16.0 Å². The van der Waals surface area contributed by atoms with E-state index in [0.29, 0.717) is 40.1 Å². The molecule has 0 N–H and O–H groups in total. The van der Waals surface area contributed by atoms with Crippen LogP contribution in [0.25, 0.3) is 0 Å². The predicted molar refractivity (Wildman–Crippen MR) is 146 cm³/mol. The number of amides is 3. The van der Waals surface area contributed by atoms with E-state index < -0.39 is 23.5 Å². The lowest BCUT2D eigenvalue weighted by molar-refractivity contribution is -0.124. The first-order valence-corrected chi connectivity index (χ1v) is 12.9. The fourth-order valence-corrected chi connectivity index (χ4v) is 6.21. The van der Waals surface area contributed by atoms with Gasteiger partial charge in [-0.1, -0.05) is 35.3 Å². The number of rotatable bonds is 5. The molecule has 0 aliphatic carbocycles. The Balaban J connectivity index is 1.56. The second-order valence-corrected chi connectivity index (χ2v) is 10.7. The van der Waals surface area contributed by atoms with Gasteiger partial charge in [0, 0.05) is 55.9 Å². The van der Waals surface area contributed by atoms with E-state index in [1.54, 1.807) is 36.9 Å². The number of esters is 1. The molecule has 0 bridgehead atoms. The number of nitrogens with zero attached hydrogens (tertiary/aromatic N) is 5. The molecular weight excluding hydrogens is 541 g/mol. The van der Waals surface area contributed by atoms with Gasteiger partial charge in [0.05, 0.1) is 24.4 Å². The second kappa shape index (κ2) is 10.0. The largest absolute Gasteiger partial charge is 0.464 e. The van der Waals surface area contributed by atoms with E-state index in [1.165, 1.54) is 30.2 Å². The van der Waals surface area contributed by atoms with E-state index in [2.05, 4.69) is 11.0 Å². The molecule has 1 aromatic heterocycles. The molecule has 11 heteroatoms. The molecule has 0 radical (unpaired) electrons. The number of likely N-dealkylation sites (N-methyl/N-ethyl adjacent to an activating group) is 1. The van der Waals surface area contributed by atoms with Gasteiger partial charge in [0.2, 0.25) is 0 Å². The number of urea groups is 1. The van der Waals surface area contributed by atoms with Crippen LogP contribution in [0.1, 0.15) is 33.1 Å². The van der Waals surface area contributed by atoms with Gasteiger partial charge in [-0.05, 0) is 47.5 Å². The number of ether oxygens (including phenoxy) is 1. The first-order valence-electron chi connectivity index (χ1n) is 12.1. The molecular formula is C28H25Cl2N5O4. The second-order valence-electron chi connectivity index (χ2n) is 9.83. The summed E-state index contributed by atoms with van der Waals surface area (Å²) >= 11 is 12.4. The number of halogens is 2. The molecule has 39 heavy (non-hydrogen) atoms. The van der Waals surface area contributed by atoms with Crippen molar-refractivity contribution in [3.8, 4) is 6.07 Å². The predicted octanol–water partition coefficient (Wildman–Crippen LogP) is 4.43. The van der Waals surface area contributed by atoms with Crippen LogP contribution in [0.15, 0.2) is 54.7 Å². The van der Waals surface area contributed by atoms with Gasteiger partial charge in [-0.3, -0.25) is 9.69 Å². The maximum Gasteiger partial charge on any atom is 0.354 e.